The van der Waals surface area contributed by atoms with Crippen molar-refractivity contribution in [3.05, 3.63) is 23.8 Å². The molecule has 0 aromatic carbocycles. The van der Waals surface area contributed by atoms with E-state index in [0.29, 0.717) is 0 Å². The second kappa shape index (κ2) is 12.7. The van der Waals surface area contributed by atoms with Gasteiger partial charge in [-0.05, 0) is 33.2 Å². The molecule has 0 rings (SSSR count). The summed E-state index contributed by atoms with van der Waals surface area (Å²) in [5, 5.41) is 0. The molecule has 0 aromatic heterocycles. The molecule has 12 heavy (non-hydrogen) atoms. The van der Waals surface area contributed by atoms with Crippen LogP contribution in [0, 0.1) is 12.8 Å². The van der Waals surface area contributed by atoms with E-state index in [4.69, 9.17) is 5.73 Å². The number of unbranched alkanes of at least 4 members (excludes halogenated alkanes) is 1. The van der Waals surface area contributed by atoms with Crippen molar-refractivity contribution in [3.8, 4) is 12.8 Å². The molecule has 0 aliphatic heterocycles. The molecule has 0 aromatic rings. The van der Waals surface area contributed by atoms with Crippen molar-refractivity contribution in [1.29, 1.82) is 0 Å². The van der Waals surface area contributed by atoms with Gasteiger partial charge in [0, 0.05) is 0 Å². The minimum absolute atomic E-state index is 0.791. The average Bonchev–Trinajstić information content (AvgIpc) is 2.07. The Balaban J connectivity index is 0. The molecule has 0 spiro atoms. The number of nitrogens with two attached hydrogens (primary N) is 1. The average molecular weight is 165 g/mol. The molecule has 0 bridgehead atoms. The van der Waals surface area contributed by atoms with Crippen molar-refractivity contribution in [2.75, 3.05) is 6.54 Å². The Morgan fingerprint density at radius 3 is 2.33 bits per heavy atom. The maximum absolute atomic E-state index is 5.32. The normalized spacial score (nSPS) is 8.75. The van der Waals surface area contributed by atoms with Crippen molar-refractivity contribution < 1.29 is 0 Å². The van der Waals surface area contributed by atoms with Crippen LogP contribution in [0.3, 0.4) is 0 Å². The van der Waals surface area contributed by atoms with Crippen LogP contribution >= 0.6 is 0 Å². The zero-order valence-electron chi connectivity index (χ0n) is 8.09. The van der Waals surface area contributed by atoms with Crippen LogP contribution in [0.5, 0.6) is 0 Å². The molecule has 0 radical (unpaired) electrons. The van der Waals surface area contributed by atoms with E-state index in [9.17, 15) is 0 Å². The van der Waals surface area contributed by atoms with Crippen LogP contribution in [0.15, 0.2) is 23.8 Å². The summed E-state index contributed by atoms with van der Waals surface area (Å²) in [5.41, 5.74) is 6.66. The predicted molar refractivity (Wildman–Crippen MR) is 56.7 cm³/mol. The van der Waals surface area contributed by atoms with Gasteiger partial charge in [0.1, 0.15) is 0 Å². The molecular formula is C11H19N. The second-order valence-electron chi connectivity index (χ2n) is 2.60. The Morgan fingerprint density at radius 2 is 1.92 bits per heavy atom. The Hall–Kier alpha value is -1.00. The van der Waals surface area contributed by atoms with Crippen LogP contribution in [0.25, 0.3) is 0 Å². The maximum atomic E-state index is 5.32. The minimum Gasteiger partial charge on any atom is -0.330 e. The van der Waals surface area contributed by atoms with Gasteiger partial charge in [-0.25, -0.2) is 0 Å². The van der Waals surface area contributed by atoms with Gasteiger partial charge in [-0.1, -0.05) is 23.8 Å². The van der Waals surface area contributed by atoms with Gasteiger partial charge >= 0.3 is 0 Å². The Morgan fingerprint density at radius 1 is 1.33 bits per heavy atom. The third kappa shape index (κ3) is 16.0. The summed E-state index contributed by atoms with van der Waals surface area (Å²) < 4.78 is 0. The SMILES string of the molecule is C#C.CC(C)=C/C=C\CCCN. The van der Waals surface area contributed by atoms with Crippen molar-refractivity contribution in [3.63, 3.8) is 0 Å². The third-order valence-electron chi connectivity index (χ3n) is 1.14. The zero-order chi connectivity index (χ0) is 9.82. The molecule has 1 nitrogen and oxygen atoms in total. The van der Waals surface area contributed by atoms with Crippen molar-refractivity contribution in [2.24, 2.45) is 5.73 Å². The maximum Gasteiger partial charge on any atom is -0.00743 e. The minimum atomic E-state index is 0.791. The molecule has 0 fully saturated rings. The fourth-order valence-corrected chi connectivity index (χ4v) is 0.592. The molecule has 68 valence electrons. The van der Waals surface area contributed by atoms with E-state index < -0.39 is 0 Å². The second-order valence-corrected chi connectivity index (χ2v) is 2.60. The number of allylic oxidation sites excluding steroid dienone is 4. The lowest BCUT2D eigenvalue weighted by Crippen LogP contribution is -1.96. The van der Waals surface area contributed by atoms with Crippen LogP contribution < -0.4 is 5.73 Å². The number of hydrogen-bond donors (Lipinski definition) is 1. The Labute approximate surface area is 76.4 Å². The highest BCUT2D eigenvalue weighted by Gasteiger charge is 1.75. The number of hydrogen-bond acceptors (Lipinski definition) is 1. The summed E-state index contributed by atoms with van der Waals surface area (Å²) in [6.07, 6.45) is 16.5. The van der Waals surface area contributed by atoms with E-state index in [1.807, 2.05) is 0 Å². The van der Waals surface area contributed by atoms with Crippen LogP contribution in [-0.2, 0) is 0 Å². The third-order valence-corrected chi connectivity index (χ3v) is 1.14. The van der Waals surface area contributed by atoms with Gasteiger partial charge in [0.2, 0.25) is 0 Å². The van der Waals surface area contributed by atoms with Crippen LogP contribution in [0.1, 0.15) is 26.7 Å². The van der Waals surface area contributed by atoms with E-state index in [0.717, 1.165) is 19.4 Å². The largest absolute Gasteiger partial charge is 0.330 e. The molecular weight excluding hydrogens is 146 g/mol. The summed E-state index contributed by atoms with van der Waals surface area (Å²) in [5.74, 6) is 0. The highest BCUT2D eigenvalue weighted by molar-refractivity contribution is 5.07. The summed E-state index contributed by atoms with van der Waals surface area (Å²) in [6.45, 7) is 4.97. The first-order chi connectivity index (χ1) is 5.77. The summed E-state index contributed by atoms with van der Waals surface area (Å²) in [7, 11) is 0. The summed E-state index contributed by atoms with van der Waals surface area (Å²) in [6, 6.07) is 0. The quantitative estimate of drug-likeness (QED) is 0.386. The molecule has 0 amide bonds. The van der Waals surface area contributed by atoms with Gasteiger partial charge in [0.15, 0.2) is 0 Å². The van der Waals surface area contributed by atoms with Crippen LogP contribution in [0.2, 0.25) is 0 Å². The molecule has 2 N–H and O–H groups in total. The first-order valence-corrected chi connectivity index (χ1v) is 4.11. The van der Waals surface area contributed by atoms with Gasteiger partial charge < -0.3 is 5.73 Å². The van der Waals surface area contributed by atoms with E-state index in [1.54, 1.807) is 0 Å². The van der Waals surface area contributed by atoms with Crippen LogP contribution in [0.4, 0.5) is 0 Å². The predicted octanol–water partition coefficient (Wildman–Crippen LogP) is 2.50. The molecule has 0 aliphatic rings. The van der Waals surface area contributed by atoms with Crippen molar-refractivity contribution >= 4 is 0 Å². The standard InChI is InChI=1S/C9H17N.C2H2/c1-9(2)7-5-3-4-6-8-10;1-2/h3,5,7H,4,6,8,10H2,1-2H3;1-2H/b5-3-;. The van der Waals surface area contributed by atoms with E-state index in [1.165, 1.54) is 5.57 Å². The van der Waals surface area contributed by atoms with Gasteiger partial charge in [0.25, 0.3) is 0 Å². The monoisotopic (exact) mass is 165 g/mol. The lowest BCUT2D eigenvalue weighted by molar-refractivity contribution is 0.855. The first kappa shape index (κ1) is 13.6. The summed E-state index contributed by atoms with van der Waals surface area (Å²) in [4.78, 5) is 0. The van der Waals surface area contributed by atoms with Gasteiger partial charge in [-0.2, -0.15) is 0 Å². The highest BCUT2D eigenvalue weighted by atomic mass is 14.5. The molecule has 0 unspecified atom stereocenters. The first-order valence-electron chi connectivity index (χ1n) is 4.11. The number of rotatable bonds is 4. The van der Waals surface area contributed by atoms with Crippen LogP contribution in [-0.4, -0.2) is 6.54 Å². The van der Waals surface area contributed by atoms with Gasteiger partial charge in [-0.15, -0.1) is 12.8 Å². The lowest BCUT2D eigenvalue weighted by atomic mass is 10.2. The van der Waals surface area contributed by atoms with E-state index in [-0.39, 0.29) is 0 Å². The fraction of sp³-hybridized carbons (Fsp3) is 0.455. The van der Waals surface area contributed by atoms with Gasteiger partial charge in [-0.3, -0.25) is 0 Å². The molecule has 0 atom stereocenters. The van der Waals surface area contributed by atoms with Crippen molar-refractivity contribution in [2.45, 2.75) is 26.7 Å². The smallest absolute Gasteiger partial charge is 0.00743 e. The lowest BCUT2D eigenvalue weighted by Gasteiger charge is -1.86. The number of terminal acetylenes is 1. The molecule has 1 heteroatoms. The van der Waals surface area contributed by atoms with Crippen molar-refractivity contribution in [1.82, 2.24) is 0 Å². The van der Waals surface area contributed by atoms with E-state index >= 15 is 0 Å². The zero-order valence-corrected chi connectivity index (χ0v) is 8.09. The molecule has 0 saturated heterocycles. The highest BCUT2D eigenvalue weighted by Crippen LogP contribution is 1.92. The molecule has 0 aliphatic carbocycles. The fourth-order valence-electron chi connectivity index (χ4n) is 0.592. The Bertz CT molecular complexity index is 148. The molecule has 0 saturated carbocycles. The summed E-state index contributed by atoms with van der Waals surface area (Å²) >= 11 is 0. The Kier molecular flexibility index (Phi) is 14.3. The molecule has 0 heterocycles. The van der Waals surface area contributed by atoms with Gasteiger partial charge in [0.05, 0.1) is 0 Å². The topological polar surface area (TPSA) is 26.0 Å². The van der Waals surface area contributed by atoms with E-state index in [2.05, 4.69) is 44.9 Å².